The Morgan fingerprint density at radius 3 is 2.81 bits per heavy atom. The van der Waals surface area contributed by atoms with Crippen molar-refractivity contribution < 1.29 is 0 Å². The lowest BCUT2D eigenvalue weighted by molar-refractivity contribution is 0.921. The van der Waals surface area contributed by atoms with Crippen LogP contribution >= 0.6 is 0 Å². The minimum atomic E-state index is 0.671. The number of allylic oxidation sites excluding steroid dienone is 5. The Kier molecular flexibility index (Phi) is 6.08. The van der Waals surface area contributed by atoms with Gasteiger partial charge in [-0.2, -0.15) is 5.10 Å². The van der Waals surface area contributed by atoms with E-state index in [2.05, 4.69) is 74.8 Å². The smallest absolute Gasteiger partial charge is 0.159 e. The third kappa shape index (κ3) is 4.24. The average molecular weight is 477 g/mol. The first-order valence-electron chi connectivity index (χ1n) is 11.8. The Bertz CT molecular complexity index is 1660. The lowest BCUT2D eigenvalue weighted by Crippen LogP contribution is -2.09. The molecule has 5 aromatic rings. The largest absolute Gasteiger partial charge is 0.359 e. The van der Waals surface area contributed by atoms with Crippen LogP contribution in [0.2, 0.25) is 0 Å². The number of nitrogens with zero attached hydrogens (tertiary/aromatic N) is 5. The lowest BCUT2D eigenvalue weighted by atomic mass is 10.0. The Labute approximate surface area is 209 Å². The average Bonchev–Trinajstić information content (AvgIpc) is 3.63. The van der Waals surface area contributed by atoms with Crippen LogP contribution in [-0.4, -0.2) is 34.7 Å². The molecule has 0 bridgehead atoms. The van der Waals surface area contributed by atoms with E-state index in [1.165, 1.54) is 0 Å². The number of aryl methyl sites for hydroxylation is 1. The number of hydrogen-bond acceptors (Lipinski definition) is 5. The van der Waals surface area contributed by atoms with E-state index in [9.17, 15) is 0 Å². The summed E-state index contributed by atoms with van der Waals surface area (Å²) in [4.78, 5) is 17.0. The highest BCUT2D eigenvalue weighted by Crippen LogP contribution is 2.30. The molecule has 0 aliphatic carbocycles. The van der Waals surface area contributed by atoms with Gasteiger partial charge in [0.2, 0.25) is 0 Å². The van der Waals surface area contributed by atoms with Crippen LogP contribution in [0.5, 0.6) is 0 Å². The van der Waals surface area contributed by atoms with Gasteiger partial charge >= 0.3 is 0 Å². The minimum absolute atomic E-state index is 0.671. The fourth-order valence-electron chi connectivity index (χ4n) is 4.09. The predicted molar refractivity (Wildman–Crippen MR) is 145 cm³/mol. The van der Waals surface area contributed by atoms with E-state index in [-0.39, 0.29) is 0 Å². The molecule has 0 aliphatic rings. The zero-order chi connectivity index (χ0) is 25.2. The van der Waals surface area contributed by atoms with Gasteiger partial charge in [-0.1, -0.05) is 32.2 Å². The van der Waals surface area contributed by atoms with Gasteiger partial charge in [0.25, 0.3) is 0 Å². The number of pyridine rings is 1. The number of benzene rings is 1. The second-order valence-electron chi connectivity index (χ2n) is 8.53. The first-order chi connectivity index (χ1) is 17.5. The topological polar surface area (TPSA) is 100 Å². The van der Waals surface area contributed by atoms with Gasteiger partial charge in [0, 0.05) is 23.0 Å². The van der Waals surface area contributed by atoms with Gasteiger partial charge in [0.15, 0.2) is 5.82 Å². The zero-order valence-electron chi connectivity index (χ0n) is 20.6. The molecule has 0 saturated heterocycles. The van der Waals surface area contributed by atoms with Gasteiger partial charge in [-0.15, -0.1) is 0 Å². The van der Waals surface area contributed by atoms with E-state index in [1.54, 1.807) is 24.8 Å². The number of aromatic nitrogens is 7. The van der Waals surface area contributed by atoms with Crippen molar-refractivity contribution in [1.29, 1.82) is 0 Å². The van der Waals surface area contributed by atoms with E-state index >= 15 is 0 Å². The van der Waals surface area contributed by atoms with E-state index in [4.69, 9.17) is 4.98 Å². The maximum absolute atomic E-state index is 4.90. The van der Waals surface area contributed by atoms with E-state index in [0.717, 1.165) is 68.0 Å². The molecular formula is C28H28N8. The summed E-state index contributed by atoms with van der Waals surface area (Å²) in [5.74, 6) is 0.671. The highest BCUT2D eigenvalue weighted by atomic mass is 15.1. The summed E-state index contributed by atoms with van der Waals surface area (Å²) in [6.07, 6.45) is 14.1. The number of imidazole rings is 2. The Morgan fingerprint density at radius 1 is 1.22 bits per heavy atom. The fraction of sp³-hybridized carbons (Fsp3) is 0.143. The maximum Gasteiger partial charge on any atom is 0.159 e. The maximum atomic E-state index is 4.90. The number of fused-ring (bicyclic) bond motifs is 2. The van der Waals surface area contributed by atoms with Crippen molar-refractivity contribution in [3.8, 4) is 17.2 Å². The summed E-state index contributed by atoms with van der Waals surface area (Å²) in [5, 5.41) is 12.0. The molecule has 0 radical (unpaired) electrons. The molecule has 5 rings (SSSR count). The summed E-state index contributed by atoms with van der Waals surface area (Å²) >= 11 is 0. The van der Waals surface area contributed by atoms with E-state index in [1.807, 2.05) is 30.7 Å². The molecule has 8 nitrogen and oxygen atoms in total. The van der Waals surface area contributed by atoms with Crippen molar-refractivity contribution in [2.45, 2.75) is 27.2 Å². The van der Waals surface area contributed by atoms with Gasteiger partial charge in [0.1, 0.15) is 11.2 Å². The summed E-state index contributed by atoms with van der Waals surface area (Å²) in [6, 6.07) is 6.24. The molecule has 0 spiro atoms. The second kappa shape index (κ2) is 9.50. The standard InChI is InChI=1S/C28H28N8/c1-6-17(4)31-21(8-3)11-19(7-2)20-9-10-23-22(12-20)26(35-34-23)28-32-24-13-29-14-25(27(24)33-28)36-15-18(5)30-16-36/h7-16,31H,3-4,6H2,1-2,5H3,(H,32,33)(H,34,35)/b19-7+,21-11+. The molecule has 0 unspecified atom stereocenters. The highest BCUT2D eigenvalue weighted by Gasteiger charge is 2.16. The first-order valence-corrected chi connectivity index (χ1v) is 11.8. The highest BCUT2D eigenvalue weighted by molar-refractivity contribution is 5.96. The lowest BCUT2D eigenvalue weighted by Gasteiger charge is -2.10. The minimum Gasteiger partial charge on any atom is -0.359 e. The molecule has 180 valence electrons. The quantitative estimate of drug-likeness (QED) is 0.239. The molecule has 0 amide bonds. The van der Waals surface area contributed by atoms with Crippen molar-refractivity contribution >= 4 is 27.5 Å². The third-order valence-corrected chi connectivity index (χ3v) is 6.08. The molecule has 1 aromatic carbocycles. The SMILES string of the molecule is C=C/C(=C\C(=C/C)c1ccc2[nH]nc(-c3nc4c(-n5cnc(C)c5)cncc4[nH]3)c2c1)NC(=C)CC. The van der Waals surface area contributed by atoms with Crippen LogP contribution in [0.15, 0.2) is 85.9 Å². The summed E-state index contributed by atoms with van der Waals surface area (Å²) in [6.45, 7) is 14.0. The molecular weight excluding hydrogens is 448 g/mol. The second-order valence-corrected chi connectivity index (χ2v) is 8.53. The van der Waals surface area contributed by atoms with Crippen LogP contribution < -0.4 is 5.32 Å². The monoisotopic (exact) mass is 476 g/mol. The van der Waals surface area contributed by atoms with Crippen LogP contribution in [0.4, 0.5) is 0 Å². The Morgan fingerprint density at radius 2 is 2.08 bits per heavy atom. The summed E-state index contributed by atoms with van der Waals surface area (Å²) < 4.78 is 1.93. The normalized spacial score (nSPS) is 12.4. The third-order valence-electron chi connectivity index (χ3n) is 6.08. The van der Waals surface area contributed by atoms with Crippen molar-refractivity contribution in [2.24, 2.45) is 0 Å². The molecule has 0 fully saturated rings. The van der Waals surface area contributed by atoms with Crippen LogP contribution in [0.3, 0.4) is 0 Å². The fourth-order valence-corrected chi connectivity index (χ4v) is 4.09. The van der Waals surface area contributed by atoms with Gasteiger partial charge in [-0.05, 0) is 55.7 Å². The molecule has 0 atom stereocenters. The molecule has 4 heterocycles. The van der Waals surface area contributed by atoms with Gasteiger partial charge < -0.3 is 14.9 Å². The van der Waals surface area contributed by atoms with Crippen LogP contribution in [0.1, 0.15) is 31.5 Å². The van der Waals surface area contributed by atoms with Crippen molar-refractivity contribution in [2.75, 3.05) is 0 Å². The Hall–Kier alpha value is -4.72. The number of H-pyrrole nitrogens is 2. The number of rotatable bonds is 8. The van der Waals surface area contributed by atoms with Crippen molar-refractivity contribution in [1.82, 2.24) is 40.0 Å². The van der Waals surface area contributed by atoms with Crippen molar-refractivity contribution in [3.63, 3.8) is 0 Å². The van der Waals surface area contributed by atoms with Crippen molar-refractivity contribution in [3.05, 3.63) is 97.2 Å². The first kappa shape index (κ1) is 23.0. The predicted octanol–water partition coefficient (Wildman–Crippen LogP) is 5.98. The Balaban J connectivity index is 1.57. The zero-order valence-corrected chi connectivity index (χ0v) is 20.6. The van der Waals surface area contributed by atoms with Crippen LogP contribution in [0.25, 0.3) is 44.7 Å². The van der Waals surface area contributed by atoms with E-state index < -0.39 is 0 Å². The molecule has 0 saturated carbocycles. The number of nitrogens with one attached hydrogen (secondary N) is 3. The van der Waals surface area contributed by atoms with Crippen LogP contribution in [-0.2, 0) is 0 Å². The van der Waals surface area contributed by atoms with Gasteiger partial charge in [-0.25, -0.2) is 9.97 Å². The summed E-state index contributed by atoms with van der Waals surface area (Å²) in [7, 11) is 0. The molecule has 0 aliphatic heterocycles. The molecule has 36 heavy (non-hydrogen) atoms. The molecule has 4 aromatic heterocycles. The molecule has 3 N–H and O–H groups in total. The van der Waals surface area contributed by atoms with Crippen LogP contribution in [0, 0.1) is 6.92 Å². The van der Waals surface area contributed by atoms with Gasteiger partial charge in [-0.3, -0.25) is 10.1 Å². The number of hydrogen-bond donors (Lipinski definition) is 3. The summed E-state index contributed by atoms with van der Waals surface area (Å²) in [5.41, 5.74) is 9.05. The molecule has 8 heteroatoms. The van der Waals surface area contributed by atoms with Gasteiger partial charge in [0.05, 0.1) is 41.1 Å². The number of aromatic amines is 2. The van der Waals surface area contributed by atoms with E-state index in [0.29, 0.717) is 5.82 Å².